The van der Waals surface area contributed by atoms with Crippen LogP contribution < -0.4 is 5.32 Å². The molecule has 132 valence electrons. The molecule has 0 atom stereocenters. The molecule has 0 unspecified atom stereocenters. The van der Waals surface area contributed by atoms with Gasteiger partial charge in [0.05, 0.1) is 24.9 Å². The van der Waals surface area contributed by atoms with Crippen molar-refractivity contribution in [1.29, 1.82) is 0 Å². The summed E-state index contributed by atoms with van der Waals surface area (Å²) in [5.74, 6) is -0.216. The van der Waals surface area contributed by atoms with Crippen LogP contribution in [0.5, 0.6) is 0 Å². The van der Waals surface area contributed by atoms with Gasteiger partial charge in [-0.1, -0.05) is 17.4 Å². The number of fused-ring (bicyclic) bond motifs is 1. The molecule has 0 aliphatic carbocycles. The fraction of sp³-hybridized carbons (Fsp3) is 0.235. The van der Waals surface area contributed by atoms with E-state index in [1.54, 1.807) is 11.3 Å². The summed E-state index contributed by atoms with van der Waals surface area (Å²) in [6.45, 7) is 1.19. The van der Waals surface area contributed by atoms with Crippen molar-refractivity contribution < 1.29 is 9.59 Å². The highest BCUT2D eigenvalue weighted by molar-refractivity contribution is 7.15. The molecule has 26 heavy (non-hydrogen) atoms. The van der Waals surface area contributed by atoms with Crippen LogP contribution in [-0.4, -0.2) is 38.2 Å². The SMILES string of the molecule is O=C(Nc1nc2c(s1)CN(C(=O)Cc1cccs1)CC2)c1cnccn1. The summed E-state index contributed by atoms with van der Waals surface area (Å²) in [5.41, 5.74) is 1.19. The molecule has 0 spiro atoms. The monoisotopic (exact) mass is 385 g/mol. The predicted octanol–water partition coefficient (Wildman–Crippen LogP) is 2.37. The molecular formula is C17H15N5O2S2. The number of carbonyl (C=O) groups is 2. The third-order valence-electron chi connectivity index (χ3n) is 4.01. The third-order valence-corrected chi connectivity index (χ3v) is 5.88. The summed E-state index contributed by atoms with van der Waals surface area (Å²) in [6, 6.07) is 3.93. The Balaban J connectivity index is 1.42. The fourth-order valence-electron chi connectivity index (χ4n) is 2.71. The van der Waals surface area contributed by atoms with Gasteiger partial charge in [0, 0.05) is 35.1 Å². The number of thiophene rings is 1. The zero-order valence-corrected chi connectivity index (χ0v) is 15.3. The lowest BCUT2D eigenvalue weighted by atomic mass is 10.1. The lowest BCUT2D eigenvalue weighted by Crippen LogP contribution is -2.36. The van der Waals surface area contributed by atoms with E-state index in [0.717, 1.165) is 15.4 Å². The number of thiazole rings is 1. The maximum absolute atomic E-state index is 12.5. The highest BCUT2D eigenvalue weighted by Crippen LogP contribution is 2.29. The number of rotatable bonds is 4. The molecule has 1 aliphatic rings. The first-order valence-electron chi connectivity index (χ1n) is 8.05. The largest absolute Gasteiger partial charge is 0.337 e. The number of anilines is 1. The van der Waals surface area contributed by atoms with Gasteiger partial charge in [0.2, 0.25) is 5.91 Å². The van der Waals surface area contributed by atoms with E-state index in [4.69, 9.17) is 0 Å². The summed E-state index contributed by atoms with van der Waals surface area (Å²) in [7, 11) is 0. The Labute approximate surface area is 157 Å². The van der Waals surface area contributed by atoms with Crippen molar-refractivity contribution >= 4 is 39.6 Å². The summed E-state index contributed by atoms with van der Waals surface area (Å²) >= 11 is 3.00. The van der Waals surface area contributed by atoms with Crippen LogP contribution in [0.25, 0.3) is 0 Å². The minimum atomic E-state index is -0.338. The van der Waals surface area contributed by atoms with Crippen molar-refractivity contribution in [1.82, 2.24) is 19.9 Å². The Morgan fingerprint density at radius 1 is 1.31 bits per heavy atom. The average molecular weight is 385 g/mol. The summed E-state index contributed by atoms with van der Waals surface area (Å²) in [6.07, 6.45) is 5.53. The molecule has 0 saturated heterocycles. The van der Waals surface area contributed by atoms with Crippen molar-refractivity contribution in [2.75, 3.05) is 11.9 Å². The second-order valence-corrected chi connectivity index (χ2v) is 7.87. The van der Waals surface area contributed by atoms with Crippen molar-refractivity contribution in [2.45, 2.75) is 19.4 Å². The molecular weight excluding hydrogens is 370 g/mol. The van der Waals surface area contributed by atoms with E-state index < -0.39 is 0 Å². The number of nitrogens with zero attached hydrogens (tertiary/aromatic N) is 4. The molecule has 1 aliphatic heterocycles. The molecule has 1 N–H and O–H groups in total. The minimum absolute atomic E-state index is 0.122. The minimum Gasteiger partial charge on any atom is -0.337 e. The van der Waals surface area contributed by atoms with Gasteiger partial charge in [0.25, 0.3) is 5.91 Å². The Bertz CT molecular complexity index is 924. The van der Waals surface area contributed by atoms with Crippen molar-refractivity contribution in [3.05, 3.63) is 57.2 Å². The molecule has 0 fully saturated rings. The van der Waals surface area contributed by atoms with E-state index in [1.165, 1.54) is 29.9 Å². The Morgan fingerprint density at radius 2 is 2.23 bits per heavy atom. The van der Waals surface area contributed by atoms with Gasteiger partial charge in [-0.3, -0.25) is 19.9 Å². The van der Waals surface area contributed by atoms with Crippen LogP contribution >= 0.6 is 22.7 Å². The summed E-state index contributed by atoms with van der Waals surface area (Å²) in [5, 5.41) is 5.26. The van der Waals surface area contributed by atoms with Crippen molar-refractivity contribution in [3.8, 4) is 0 Å². The average Bonchev–Trinajstić information content (AvgIpc) is 3.30. The summed E-state index contributed by atoms with van der Waals surface area (Å²) in [4.78, 5) is 40.9. The first-order chi connectivity index (χ1) is 12.7. The van der Waals surface area contributed by atoms with Gasteiger partial charge >= 0.3 is 0 Å². The molecule has 4 heterocycles. The second-order valence-electron chi connectivity index (χ2n) is 5.76. The quantitative estimate of drug-likeness (QED) is 0.745. The first-order valence-corrected chi connectivity index (χ1v) is 9.75. The van der Waals surface area contributed by atoms with Gasteiger partial charge in [-0.2, -0.15) is 0 Å². The van der Waals surface area contributed by atoms with Gasteiger partial charge in [0.15, 0.2) is 5.13 Å². The van der Waals surface area contributed by atoms with E-state index in [-0.39, 0.29) is 17.5 Å². The molecule has 0 saturated carbocycles. The van der Waals surface area contributed by atoms with Crippen LogP contribution in [0.4, 0.5) is 5.13 Å². The molecule has 9 heteroatoms. The van der Waals surface area contributed by atoms with E-state index >= 15 is 0 Å². The topological polar surface area (TPSA) is 88.1 Å². The zero-order valence-electron chi connectivity index (χ0n) is 13.7. The van der Waals surface area contributed by atoms with E-state index in [0.29, 0.717) is 31.1 Å². The predicted molar refractivity (Wildman–Crippen MR) is 99.2 cm³/mol. The highest BCUT2D eigenvalue weighted by Gasteiger charge is 2.25. The Morgan fingerprint density at radius 3 is 3.00 bits per heavy atom. The molecule has 0 radical (unpaired) electrons. The van der Waals surface area contributed by atoms with Crippen LogP contribution in [0, 0.1) is 0 Å². The van der Waals surface area contributed by atoms with Crippen LogP contribution in [0.15, 0.2) is 36.1 Å². The molecule has 0 aromatic carbocycles. The van der Waals surface area contributed by atoms with Crippen molar-refractivity contribution in [2.24, 2.45) is 0 Å². The number of nitrogens with one attached hydrogen (secondary N) is 1. The second kappa shape index (κ2) is 7.30. The molecule has 3 aromatic rings. The standard InChI is InChI=1S/C17H15N5O2S2/c23-15(8-11-2-1-7-25-11)22-6-3-12-14(10-22)26-17(20-12)21-16(24)13-9-18-4-5-19-13/h1-2,4-5,7,9H,3,6,8,10H2,(H,20,21,24). The van der Waals surface area contributed by atoms with Gasteiger partial charge in [-0.15, -0.1) is 11.3 Å². The van der Waals surface area contributed by atoms with Crippen molar-refractivity contribution in [3.63, 3.8) is 0 Å². The first kappa shape index (κ1) is 16.8. The van der Waals surface area contributed by atoms with Crippen LogP contribution in [0.1, 0.15) is 25.9 Å². The molecule has 4 rings (SSSR count). The van der Waals surface area contributed by atoms with E-state index in [2.05, 4.69) is 20.3 Å². The van der Waals surface area contributed by atoms with E-state index in [9.17, 15) is 9.59 Å². The highest BCUT2D eigenvalue weighted by atomic mass is 32.1. The normalized spacial score (nSPS) is 13.3. The van der Waals surface area contributed by atoms with Gasteiger partial charge < -0.3 is 4.90 Å². The smallest absolute Gasteiger partial charge is 0.277 e. The van der Waals surface area contributed by atoms with Gasteiger partial charge in [0.1, 0.15) is 5.69 Å². The molecule has 0 bridgehead atoms. The number of hydrogen-bond donors (Lipinski definition) is 1. The lowest BCUT2D eigenvalue weighted by Gasteiger charge is -2.25. The van der Waals surface area contributed by atoms with Crippen LogP contribution in [0.3, 0.4) is 0 Å². The van der Waals surface area contributed by atoms with Gasteiger partial charge in [-0.25, -0.2) is 9.97 Å². The number of amides is 2. The maximum atomic E-state index is 12.5. The number of aromatic nitrogens is 3. The Hall–Kier alpha value is -2.65. The summed E-state index contributed by atoms with van der Waals surface area (Å²) < 4.78 is 0. The zero-order chi connectivity index (χ0) is 17.9. The van der Waals surface area contributed by atoms with Gasteiger partial charge in [-0.05, 0) is 11.4 Å². The lowest BCUT2D eigenvalue weighted by molar-refractivity contribution is -0.131. The number of carbonyl (C=O) groups excluding carboxylic acids is 2. The van der Waals surface area contributed by atoms with E-state index in [1.807, 2.05) is 22.4 Å². The fourth-order valence-corrected chi connectivity index (χ4v) is 4.43. The maximum Gasteiger partial charge on any atom is 0.277 e. The molecule has 7 nitrogen and oxygen atoms in total. The molecule has 2 amide bonds. The van der Waals surface area contributed by atoms with Crippen LogP contribution in [0.2, 0.25) is 0 Å². The Kier molecular flexibility index (Phi) is 4.72. The number of hydrogen-bond acceptors (Lipinski definition) is 7. The third kappa shape index (κ3) is 3.63. The molecule has 3 aromatic heterocycles. The van der Waals surface area contributed by atoms with Crippen LogP contribution in [-0.2, 0) is 24.2 Å².